The van der Waals surface area contributed by atoms with Gasteiger partial charge in [-0.05, 0) is 18.9 Å². The Morgan fingerprint density at radius 2 is 1.11 bits per heavy atom. The van der Waals surface area contributed by atoms with Crippen molar-refractivity contribution in [2.45, 2.75) is 135 Å². The molecule has 35 heavy (non-hydrogen) atoms. The highest BCUT2D eigenvalue weighted by molar-refractivity contribution is 5.13. The fourth-order valence-electron chi connectivity index (χ4n) is 4.27. The van der Waals surface area contributed by atoms with Crippen molar-refractivity contribution in [3.8, 4) is 0 Å². The summed E-state index contributed by atoms with van der Waals surface area (Å²) >= 11 is 0. The number of rotatable bonds is 26. The van der Waals surface area contributed by atoms with Crippen molar-refractivity contribution in [3.63, 3.8) is 0 Å². The molecule has 0 amide bonds. The molecule has 1 N–H and O–H groups in total. The van der Waals surface area contributed by atoms with Gasteiger partial charge in [0.2, 0.25) is 0 Å². The summed E-state index contributed by atoms with van der Waals surface area (Å²) in [5.74, 6) is 0. The van der Waals surface area contributed by atoms with E-state index in [1.807, 2.05) is 18.2 Å². The Bertz CT molecular complexity index is 534. The van der Waals surface area contributed by atoms with E-state index >= 15 is 0 Å². The Labute approximate surface area is 217 Å². The summed E-state index contributed by atoms with van der Waals surface area (Å²) in [6.45, 7) is 6.65. The van der Waals surface area contributed by atoms with Gasteiger partial charge in [0.25, 0.3) is 0 Å². The quantitative estimate of drug-likeness (QED) is 0.132. The van der Waals surface area contributed by atoms with Gasteiger partial charge in [-0.2, -0.15) is 0 Å². The first-order chi connectivity index (χ1) is 17.2. The van der Waals surface area contributed by atoms with Gasteiger partial charge in [0, 0.05) is 6.61 Å². The van der Waals surface area contributed by atoms with E-state index < -0.39 is 6.10 Å². The van der Waals surface area contributed by atoms with E-state index in [1.54, 1.807) is 6.92 Å². The predicted octanol–water partition coefficient (Wildman–Crippen LogP) is 8.25. The second-order valence-corrected chi connectivity index (χ2v) is 10.2. The molecule has 1 aromatic rings. The molecule has 1 rings (SSSR count). The van der Waals surface area contributed by atoms with Gasteiger partial charge in [0.15, 0.2) is 0 Å². The van der Waals surface area contributed by atoms with Crippen LogP contribution >= 0.6 is 0 Å². The lowest BCUT2D eigenvalue weighted by molar-refractivity contribution is -0.0817. The predicted molar refractivity (Wildman–Crippen MR) is 148 cm³/mol. The summed E-state index contributed by atoms with van der Waals surface area (Å²) in [5.41, 5.74) is 1.15. The van der Waals surface area contributed by atoms with Gasteiger partial charge < -0.3 is 19.3 Å². The van der Waals surface area contributed by atoms with Crippen molar-refractivity contribution < 1.29 is 19.3 Å². The van der Waals surface area contributed by atoms with Crippen molar-refractivity contribution in [2.24, 2.45) is 0 Å². The largest absolute Gasteiger partial charge is 0.391 e. The molecule has 4 heteroatoms. The number of hydrogen-bond donors (Lipinski definition) is 1. The van der Waals surface area contributed by atoms with Gasteiger partial charge in [-0.15, -0.1) is 0 Å². The molecule has 0 bridgehead atoms. The van der Waals surface area contributed by atoms with Gasteiger partial charge in [-0.3, -0.25) is 0 Å². The molecule has 0 saturated carbocycles. The molecule has 204 valence electrons. The molecule has 0 fully saturated rings. The van der Waals surface area contributed by atoms with Gasteiger partial charge in [-0.25, -0.2) is 0 Å². The summed E-state index contributed by atoms with van der Waals surface area (Å²) in [6, 6.07) is 10.1. The van der Waals surface area contributed by atoms with Gasteiger partial charge in [0.05, 0.1) is 32.5 Å². The summed E-state index contributed by atoms with van der Waals surface area (Å²) < 4.78 is 17.5. The molecule has 2 atom stereocenters. The molecule has 0 aromatic heterocycles. The van der Waals surface area contributed by atoms with Crippen LogP contribution in [0.3, 0.4) is 0 Å². The first-order valence-electron chi connectivity index (χ1n) is 14.7. The summed E-state index contributed by atoms with van der Waals surface area (Å²) in [6.07, 6.45) is 21.4. The third-order valence-corrected chi connectivity index (χ3v) is 6.43. The minimum absolute atomic E-state index is 0.144. The Hall–Kier alpha value is -0.940. The Morgan fingerprint density at radius 3 is 1.63 bits per heavy atom. The van der Waals surface area contributed by atoms with Crippen LogP contribution in [0.15, 0.2) is 30.3 Å². The van der Waals surface area contributed by atoms with Crippen molar-refractivity contribution in [1.29, 1.82) is 0 Å². The molecule has 0 saturated heterocycles. The van der Waals surface area contributed by atoms with E-state index in [0.29, 0.717) is 26.4 Å². The molecule has 0 aliphatic heterocycles. The Kier molecular flexibility index (Phi) is 22.7. The number of benzene rings is 1. The van der Waals surface area contributed by atoms with Crippen LogP contribution in [-0.4, -0.2) is 43.7 Å². The molecule has 0 heterocycles. The van der Waals surface area contributed by atoms with Gasteiger partial charge in [0.1, 0.15) is 6.10 Å². The van der Waals surface area contributed by atoms with E-state index in [4.69, 9.17) is 14.2 Å². The lowest BCUT2D eigenvalue weighted by Crippen LogP contribution is -2.29. The lowest BCUT2D eigenvalue weighted by atomic mass is 10.0. The van der Waals surface area contributed by atoms with Crippen molar-refractivity contribution >= 4 is 0 Å². The highest BCUT2D eigenvalue weighted by atomic mass is 16.6. The average molecular weight is 493 g/mol. The van der Waals surface area contributed by atoms with E-state index in [9.17, 15) is 5.11 Å². The third-order valence-electron chi connectivity index (χ3n) is 6.43. The van der Waals surface area contributed by atoms with E-state index in [-0.39, 0.29) is 6.10 Å². The molecular weight excluding hydrogens is 436 g/mol. The fourth-order valence-corrected chi connectivity index (χ4v) is 4.27. The Balaban J connectivity index is 1.91. The van der Waals surface area contributed by atoms with E-state index in [2.05, 4.69) is 19.1 Å². The van der Waals surface area contributed by atoms with Crippen LogP contribution < -0.4 is 0 Å². The number of ether oxygens (including phenoxy) is 3. The molecule has 0 radical (unpaired) electrons. The summed E-state index contributed by atoms with van der Waals surface area (Å²) in [5, 5.41) is 9.53. The number of aliphatic hydroxyl groups is 1. The maximum Gasteiger partial charge on any atom is 0.104 e. The maximum absolute atomic E-state index is 9.53. The van der Waals surface area contributed by atoms with Crippen LogP contribution in [0, 0.1) is 0 Å². The maximum atomic E-state index is 9.53. The topological polar surface area (TPSA) is 47.9 Å². The lowest BCUT2D eigenvalue weighted by Gasteiger charge is -2.19. The standard InChI is InChI=1S/C31H56O4/c1-3-4-5-6-7-8-9-10-11-12-13-14-15-16-17-21-24-33-27-31(35-25-29(2)32)28-34-26-30-22-19-18-20-23-30/h18-20,22-23,29,31-32H,3-17,21,24-28H2,1-2H3. The highest BCUT2D eigenvalue weighted by Gasteiger charge is 2.11. The first kappa shape index (κ1) is 32.1. The highest BCUT2D eigenvalue weighted by Crippen LogP contribution is 2.14. The Morgan fingerprint density at radius 1 is 0.629 bits per heavy atom. The van der Waals surface area contributed by atoms with E-state index in [0.717, 1.165) is 18.6 Å². The normalized spacial score (nSPS) is 13.2. The molecule has 0 aliphatic carbocycles. The number of aliphatic hydroxyl groups excluding tert-OH is 1. The van der Waals surface area contributed by atoms with Crippen LogP contribution in [0.4, 0.5) is 0 Å². The molecule has 4 nitrogen and oxygen atoms in total. The van der Waals surface area contributed by atoms with Crippen LogP contribution in [0.5, 0.6) is 0 Å². The second-order valence-electron chi connectivity index (χ2n) is 10.2. The average Bonchev–Trinajstić information content (AvgIpc) is 2.86. The van der Waals surface area contributed by atoms with Crippen molar-refractivity contribution in [1.82, 2.24) is 0 Å². The minimum atomic E-state index is -0.480. The first-order valence-corrected chi connectivity index (χ1v) is 14.7. The van der Waals surface area contributed by atoms with Crippen LogP contribution in [-0.2, 0) is 20.8 Å². The van der Waals surface area contributed by atoms with Crippen molar-refractivity contribution in [2.75, 3.05) is 26.4 Å². The SMILES string of the molecule is CCCCCCCCCCCCCCCCCCOCC(COCc1ccccc1)OCC(C)O. The number of hydrogen-bond acceptors (Lipinski definition) is 4. The summed E-state index contributed by atoms with van der Waals surface area (Å²) in [4.78, 5) is 0. The monoisotopic (exact) mass is 492 g/mol. The molecule has 0 aliphatic rings. The fraction of sp³-hybridized carbons (Fsp3) is 0.806. The summed E-state index contributed by atoms with van der Waals surface area (Å²) in [7, 11) is 0. The van der Waals surface area contributed by atoms with Crippen molar-refractivity contribution in [3.05, 3.63) is 35.9 Å². The molecule has 2 unspecified atom stereocenters. The minimum Gasteiger partial charge on any atom is -0.391 e. The van der Waals surface area contributed by atoms with E-state index in [1.165, 1.54) is 96.3 Å². The van der Waals surface area contributed by atoms with Gasteiger partial charge >= 0.3 is 0 Å². The van der Waals surface area contributed by atoms with Crippen LogP contribution in [0.2, 0.25) is 0 Å². The molecular formula is C31H56O4. The third kappa shape index (κ3) is 22.0. The zero-order chi connectivity index (χ0) is 25.2. The van der Waals surface area contributed by atoms with Gasteiger partial charge in [-0.1, -0.05) is 134 Å². The van der Waals surface area contributed by atoms with Crippen LogP contribution in [0.1, 0.15) is 122 Å². The molecule has 0 spiro atoms. The van der Waals surface area contributed by atoms with Crippen LogP contribution in [0.25, 0.3) is 0 Å². The smallest absolute Gasteiger partial charge is 0.104 e. The number of unbranched alkanes of at least 4 members (excludes halogenated alkanes) is 15. The zero-order valence-corrected chi connectivity index (χ0v) is 23.1. The zero-order valence-electron chi connectivity index (χ0n) is 23.1. The molecule has 1 aromatic carbocycles. The second kappa shape index (κ2) is 24.7.